The molecule has 0 spiro atoms. The molecule has 10 aromatic rings. The molecular formula is C45H32F4N6O2S2Si2. The SMILES string of the molecule is C[SiH](C)C.C[Si](C)(C)N=C=N.O=c1c2cc(F)ccc2c2c1sc1c(=O)c3cc(F)ccc3c12.[C-]#[N+]/N=c1\c2cc(F)ccc2c2c1sc1c(=NC#N)c3cc(F)ccc3c12. The molecule has 2 aromatic heterocycles. The van der Waals surface area contributed by atoms with E-state index in [0.29, 0.717) is 63.2 Å². The van der Waals surface area contributed by atoms with Gasteiger partial charge in [-0.05, 0) is 89.7 Å². The minimum Gasteiger partial charge on any atom is -0.288 e. The molecule has 8 nitrogen and oxygen atoms in total. The molecule has 0 aliphatic heterocycles. The van der Waals surface area contributed by atoms with E-state index in [0.717, 1.165) is 42.3 Å². The van der Waals surface area contributed by atoms with Crippen molar-refractivity contribution in [3.05, 3.63) is 139 Å². The Bertz CT molecular complexity index is 3550. The van der Waals surface area contributed by atoms with E-state index in [9.17, 15) is 27.2 Å². The lowest BCUT2D eigenvalue weighted by molar-refractivity contribution is 0.629. The first-order chi connectivity index (χ1) is 29.0. The molecular weight excluding hydrogens is 853 g/mol. The van der Waals surface area contributed by atoms with Crippen LogP contribution in [0.4, 0.5) is 17.6 Å². The lowest BCUT2D eigenvalue weighted by Gasteiger charge is -2.02. The predicted molar refractivity (Wildman–Crippen MR) is 247 cm³/mol. The number of halogens is 4. The van der Waals surface area contributed by atoms with E-state index in [4.69, 9.17) is 17.2 Å². The quantitative estimate of drug-likeness (QED) is 0.0441. The molecule has 10 rings (SSSR count). The molecule has 0 atom stereocenters. The summed E-state index contributed by atoms with van der Waals surface area (Å²) < 4.78 is 60.7. The summed E-state index contributed by atoms with van der Waals surface area (Å²) in [6.07, 6.45) is 1.78. The fraction of sp³-hybridized carbons (Fsp3) is 0.133. The maximum Gasteiger partial charge on any atom is 0.206 e. The van der Waals surface area contributed by atoms with Gasteiger partial charge >= 0.3 is 0 Å². The minimum atomic E-state index is -1.33. The van der Waals surface area contributed by atoms with Crippen LogP contribution in [0.5, 0.6) is 0 Å². The topological polar surface area (TPSA) is 123 Å². The first-order valence-electron chi connectivity index (χ1n) is 18.7. The number of hydrogen-bond donors (Lipinski definition) is 1. The van der Waals surface area contributed by atoms with Gasteiger partial charge in [0.15, 0.2) is 13.6 Å². The van der Waals surface area contributed by atoms with Gasteiger partial charge in [-0.1, -0.05) is 43.9 Å². The third-order valence-electron chi connectivity index (χ3n) is 9.37. The van der Waals surface area contributed by atoms with Crippen LogP contribution >= 0.6 is 22.7 Å². The molecule has 0 fully saturated rings. The summed E-state index contributed by atoms with van der Waals surface area (Å²) >= 11 is 2.44. The highest BCUT2D eigenvalue weighted by molar-refractivity contribution is 7.26. The Labute approximate surface area is 354 Å². The Balaban J connectivity index is 0.000000150. The second-order valence-electron chi connectivity index (χ2n) is 15.7. The Morgan fingerprint density at radius 1 is 0.623 bits per heavy atom. The van der Waals surface area contributed by atoms with Gasteiger partial charge in [0.1, 0.15) is 28.6 Å². The minimum absolute atomic E-state index is 0.139. The molecule has 0 aliphatic carbocycles. The normalized spacial score (nSPS) is 12.2. The number of nitriles is 1. The molecule has 2 heterocycles. The molecule has 0 aliphatic rings. The summed E-state index contributed by atoms with van der Waals surface area (Å²) in [5.41, 5.74) is -0.518. The van der Waals surface area contributed by atoms with Gasteiger partial charge < -0.3 is 0 Å². The Morgan fingerprint density at radius 2 is 0.967 bits per heavy atom. The Morgan fingerprint density at radius 3 is 1.33 bits per heavy atom. The molecule has 0 radical (unpaired) electrons. The van der Waals surface area contributed by atoms with Crippen LogP contribution in [0, 0.1) is 46.7 Å². The number of hydrogen-bond acceptors (Lipinski definition) is 9. The van der Waals surface area contributed by atoms with Gasteiger partial charge in [-0.15, -0.1) is 27.6 Å². The molecule has 16 heteroatoms. The van der Waals surface area contributed by atoms with Crippen molar-refractivity contribution >= 4 is 129 Å². The smallest absolute Gasteiger partial charge is 0.206 e. The van der Waals surface area contributed by atoms with E-state index >= 15 is 0 Å². The number of benzene rings is 4. The Hall–Kier alpha value is -6.53. The summed E-state index contributed by atoms with van der Waals surface area (Å²) in [7, 11) is -1.47. The van der Waals surface area contributed by atoms with Crippen LogP contribution in [0.2, 0.25) is 39.3 Å². The molecule has 1 N–H and O–H groups in total. The van der Waals surface area contributed by atoms with Crippen molar-refractivity contribution in [2.24, 2.45) is 14.8 Å². The van der Waals surface area contributed by atoms with E-state index in [-0.39, 0.29) is 19.7 Å². The summed E-state index contributed by atoms with van der Waals surface area (Å²) in [6.45, 7) is 20.2. The van der Waals surface area contributed by atoms with E-state index in [2.05, 4.69) is 59.0 Å². The van der Waals surface area contributed by atoms with Crippen molar-refractivity contribution in [2.45, 2.75) is 39.3 Å². The fourth-order valence-electron chi connectivity index (χ4n) is 7.22. The number of nitrogens with one attached hydrogen (secondary N) is 1. The van der Waals surface area contributed by atoms with Crippen molar-refractivity contribution in [2.75, 3.05) is 0 Å². The first kappa shape index (κ1) is 42.6. The van der Waals surface area contributed by atoms with Gasteiger partial charge in [-0.3, -0.25) is 14.2 Å². The maximum absolute atomic E-state index is 13.8. The van der Waals surface area contributed by atoms with Crippen LogP contribution in [-0.4, -0.2) is 23.0 Å². The average molecular weight is 885 g/mol. The molecule has 61 heavy (non-hydrogen) atoms. The van der Waals surface area contributed by atoms with Gasteiger partial charge in [-0.2, -0.15) is 16.8 Å². The van der Waals surface area contributed by atoms with Crippen LogP contribution in [-0.2, 0) is 0 Å². The zero-order valence-electron chi connectivity index (χ0n) is 33.4. The van der Waals surface area contributed by atoms with Crippen LogP contribution in [0.1, 0.15) is 0 Å². The van der Waals surface area contributed by atoms with Crippen LogP contribution in [0.25, 0.3) is 88.4 Å². The van der Waals surface area contributed by atoms with Gasteiger partial charge in [0.25, 0.3) is 0 Å². The highest BCUT2D eigenvalue weighted by Gasteiger charge is 2.24. The summed E-state index contributed by atoms with van der Waals surface area (Å²) in [5, 5.41) is 27.8. The highest BCUT2D eigenvalue weighted by atomic mass is 32.1. The van der Waals surface area contributed by atoms with Crippen molar-refractivity contribution in [1.29, 1.82) is 10.7 Å². The third kappa shape index (κ3) is 7.72. The molecule has 0 amide bonds. The number of thiophene rings is 2. The fourth-order valence-corrected chi connectivity index (χ4v) is 10.1. The monoisotopic (exact) mass is 884 g/mol. The standard InChI is InChI=1S/C20H6F2N4S.C18H6F2O2S.C4H10N2Si.C3H10Si/c1-24-26-18-14-7-10(22)3-5-12(14)16-15-11-4-2-9(21)6-13(11)17(25-8-23)19(15)27-20(16)18;19-7-1-3-9-11(5-7)15(21)17-13(9)14-10-4-2-8(20)6-12(10)16(22)18(14)23-17;1-7(2,3)6-4-5;1-4(2)3/h2-7H;1-6H;5H,1-3H3;4H,1-3H3/b25-17?,26-18+;;;. The predicted octanol–water partition coefficient (Wildman–Crippen LogP) is 11.5. The number of rotatable bonds is 1. The van der Waals surface area contributed by atoms with Crippen LogP contribution < -0.4 is 21.6 Å². The largest absolute Gasteiger partial charge is 0.288 e. The van der Waals surface area contributed by atoms with Gasteiger partial charge in [-0.25, -0.2) is 23.0 Å². The highest BCUT2D eigenvalue weighted by Crippen LogP contribution is 2.42. The Kier molecular flexibility index (Phi) is 11.5. The molecule has 0 unspecified atom stereocenters. The first-order valence-corrected chi connectivity index (χ1v) is 27.2. The third-order valence-corrected chi connectivity index (χ3v) is 12.5. The van der Waals surface area contributed by atoms with E-state index < -0.39 is 31.5 Å². The maximum atomic E-state index is 13.8. The van der Waals surface area contributed by atoms with E-state index in [1.54, 1.807) is 30.5 Å². The summed E-state index contributed by atoms with van der Waals surface area (Å²) in [4.78, 5) is 32.0. The molecule has 302 valence electrons. The van der Waals surface area contributed by atoms with Crippen LogP contribution in [0.15, 0.2) is 97.1 Å². The molecule has 8 aromatic carbocycles. The second kappa shape index (κ2) is 16.5. The lowest BCUT2D eigenvalue weighted by atomic mass is 10.1. The summed E-state index contributed by atoms with van der Waals surface area (Å²) in [5.74, 6) is -1.76. The lowest BCUT2D eigenvalue weighted by Crippen LogP contribution is -2.14. The second-order valence-corrected chi connectivity index (χ2v) is 25.7. The van der Waals surface area contributed by atoms with Crippen LogP contribution in [0.3, 0.4) is 0 Å². The van der Waals surface area contributed by atoms with Gasteiger partial charge in [0.05, 0.1) is 29.9 Å². The van der Waals surface area contributed by atoms with Crippen molar-refractivity contribution in [3.8, 4) is 6.19 Å². The van der Waals surface area contributed by atoms with E-state index in [1.807, 2.05) is 6.01 Å². The zero-order chi connectivity index (χ0) is 44.1. The van der Waals surface area contributed by atoms with Crippen molar-refractivity contribution in [1.82, 2.24) is 0 Å². The van der Waals surface area contributed by atoms with Gasteiger partial charge in [0.2, 0.25) is 17.1 Å². The summed E-state index contributed by atoms with van der Waals surface area (Å²) in [6, 6.07) is 19.0. The zero-order valence-corrected chi connectivity index (χ0v) is 37.2. The molecule has 0 bridgehead atoms. The number of fused-ring (bicyclic) bond motifs is 14. The van der Waals surface area contributed by atoms with Gasteiger partial charge in [0, 0.05) is 51.9 Å². The number of nitrogens with zero attached hydrogens (tertiary/aromatic N) is 5. The van der Waals surface area contributed by atoms with Crippen molar-refractivity contribution in [3.63, 3.8) is 0 Å². The average Bonchev–Trinajstić information content (AvgIpc) is 4.00. The molecule has 0 saturated carbocycles. The van der Waals surface area contributed by atoms with E-state index in [1.165, 1.54) is 59.9 Å². The molecule has 0 saturated heterocycles. The van der Waals surface area contributed by atoms with Crippen molar-refractivity contribution < 1.29 is 17.6 Å².